The zero-order valence-corrected chi connectivity index (χ0v) is 9.39. The molecule has 0 bridgehead atoms. The van der Waals surface area contributed by atoms with Gasteiger partial charge in [-0.05, 0) is 24.0 Å². The van der Waals surface area contributed by atoms with Gasteiger partial charge < -0.3 is 5.11 Å². The molecule has 0 aromatic heterocycles. The molecule has 84 valence electrons. The van der Waals surface area contributed by atoms with Crippen LogP contribution in [0.5, 0.6) is 0 Å². The van der Waals surface area contributed by atoms with Gasteiger partial charge in [-0.2, -0.15) is 0 Å². The molecule has 1 aromatic rings. The Balaban J connectivity index is 2.02. The van der Waals surface area contributed by atoms with E-state index in [1.807, 2.05) is 30.5 Å². The Morgan fingerprint density at radius 1 is 1.12 bits per heavy atom. The highest BCUT2D eigenvalue weighted by Crippen LogP contribution is 2.44. The minimum absolute atomic E-state index is 0.216. The van der Waals surface area contributed by atoms with E-state index in [0.717, 1.165) is 24.0 Å². The van der Waals surface area contributed by atoms with Crippen LogP contribution in [0.15, 0.2) is 29.3 Å². The van der Waals surface area contributed by atoms with Gasteiger partial charge in [-0.25, -0.2) is 0 Å². The Morgan fingerprint density at radius 2 is 1.88 bits per heavy atom. The van der Waals surface area contributed by atoms with Gasteiger partial charge in [0.2, 0.25) is 0 Å². The lowest BCUT2D eigenvalue weighted by molar-refractivity contribution is 0.0584. The highest BCUT2D eigenvalue weighted by Gasteiger charge is 2.41. The van der Waals surface area contributed by atoms with Crippen LogP contribution in [0.1, 0.15) is 49.3 Å². The van der Waals surface area contributed by atoms with Crippen LogP contribution in [-0.2, 0) is 0 Å². The monoisotopic (exact) mass is 215 g/mol. The Hall–Kier alpha value is -1.15. The van der Waals surface area contributed by atoms with Crippen LogP contribution < -0.4 is 0 Å². The summed E-state index contributed by atoms with van der Waals surface area (Å²) in [5.74, 6) is 0. The first-order chi connectivity index (χ1) is 7.82. The summed E-state index contributed by atoms with van der Waals surface area (Å²) in [6.45, 7) is 0. The number of nitrogens with zero attached hydrogens (tertiary/aromatic N) is 1. The number of hydrogen-bond acceptors (Lipinski definition) is 2. The molecule has 1 N–H and O–H groups in total. The molecule has 1 saturated carbocycles. The predicted molar refractivity (Wildman–Crippen MR) is 64.8 cm³/mol. The summed E-state index contributed by atoms with van der Waals surface area (Å²) in [6.07, 6.45) is 7.26. The number of benzene rings is 1. The Bertz CT molecular complexity index is 418. The van der Waals surface area contributed by atoms with Crippen molar-refractivity contribution in [2.45, 2.75) is 43.7 Å². The second-order valence-electron chi connectivity index (χ2n) is 4.95. The van der Waals surface area contributed by atoms with E-state index in [2.05, 4.69) is 4.99 Å². The van der Waals surface area contributed by atoms with Gasteiger partial charge in [-0.15, -0.1) is 0 Å². The maximum Gasteiger partial charge on any atom is 0.105 e. The van der Waals surface area contributed by atoms with E-state index in [9.17, 15) is 5.11 Å². The standard InChI is InChI=1S/C14H17NO/c16-13-12-7-3-2-6-11(12)10-15-14(13)8-4-1-5-9-14/h2-3,6-7,10,13,16H,1,4-5,8-9H2/t13-/m0/s1. The molecular weight excluding hydrogens is 198 g/mol. The van der Waals surface area contributed by atoms with E-state index in [4.69, 9.17) is 0 Å². The minimum Gasteiger partial charge on any atom is -0.386 e. The zero-order chi connectivity index (χ0) is 11.0. The van der Waals surface area contributed by atoms with Crippen LogP contribution in [0, 0.1) is 0 Å². The quantitative estimate of drug-likeness (QED) is 0.709. The summed E-state index contributed by atoms with van der Waals surface area (Å²) in [5, 5.41) is 10.5. The molecule has 2 aliphatic rings. The number of rotatable bonds is 0. The van der Waals surface area contributed by atoms with Crippen molar-refractivity contribution < 1.29 is 5.11 Å². The van der Waals surface area contributed by atoms with Crippen molar-refractivity contribution in [2.24, 2.45) is 4.99 Å². The topological polar surface area (TPSA) is 32.6 Å². The van der Waals surface area contributed by atoms with E-state index in [0.29, 0.717) is 0 Å². The molecule has 1 heterocycles. The van der Waals surface area contributed by atoms with Crippen molar-refractivity contribution >= 4 is 6.21 Å². The number of fused-ring (bicyclic) bond motifs is 1. The lowest BCUT2D eigenvalue weighted by Gasteiger charge is -2.40. The second-order valence-corrected chi connectivity index (χ2v) is 4.95. The van der Waals surface area contributed by atoms with Gasteiger partial charge in [0.05, 0.1) is 5.54 Å². The van der Waals surface area contributed by atoms with E-state index >= 15 is 0 Å². The molecule has 3 rings (SSSR count). The fourth-order valence-electron chi connectivity index (χ4n) is 3.00. The van der Waals surface area contributed by atoms with E-state index < -0.39 is 6.10 Å². The molecule has 1 spiro atoms. The van der Waals surface area contributed by atoms with Crippen molar-refractivity contribution in [3.63, 3.8) is 0 Å². The van der Waals surface area contributed by atoms with E-state index in [-0.39, 0.29) is 5.54 Å². The van der Waals surface area contributed by atoms with Gasteiger partial charge in [0.25, 0.3) is 0 Å². The summed E-state index contributed by atoms with van der Waals surface area (Å²) < 4.78 is 0. The summed E-state index contributed by atoms with van der Waals surface area (Å²) >= 11 is 0. The van der Waals surface area contributed by atoms with Gasteiger partial charge in [-0.1, -0.05) is 43.5 Å². The minimum atomic E-state index is -0.408. The lowest BCUT2D eigenvalue weighted by Crippen LogP contribution is -2.39. The highest BCUT2D eigenvalue weighted by atomic mass is 16.3. The normalized spacial score (nSPS) is 26.7. The first-order valence-electron chi connectivity index (χ1n) is 6.14. The number of aliphatic imine (C=N–C) groups is 1. The average Bonchev–Trinajstić information content (AvgIpc) is 2.36. The summed E-state index contributed by atoms with van der Waals surface area (Å²) in [5.41, 5.74) is 1.91. The van der Waals surface area contributed by atoms with Crippen molar-refractivity contribution in [1.29, 1.82) is 0 Å². The van der Waals surface area contributed by atoms with E-state index in [1.165, 1.54) is 19.3 Å². The fourth-order valence-corrected chi connectivity index (χ4v) is 3.00. The predicted octanol–water partition coefficient (Wildman–Crippen LogP) is 2.86. The highest BCUT2D eigenvalue weighted by molar-refractivity contribution is 5.84. The van der Waals surface area contributed by atoms with Crippen LogP contribution in [0.25, 0.3) is 0 Å². The maximum absolute atomic E-state index is 10.5. The molecule has 0 amide bonds. The Kier molecular flexibility index (Phi) is 2.32. The van der Waals surface area contributed by atoms with Gasteiger partial charge in [0.15, 0.2) is 0 Å². The van der Waals surface area contributed by atoms with Gasteiger partial charge >= 0.3 is 0 Å². The van der Waals surface area contributed by atoms with Gasteiger partial charge in [0, 0.05) is 6.21 Å². The molecule has 1 aliphatic heterocycles. The smallest absolute Gasteiger partial charge is 0.105 e. The largest absolute Gasteiger partial charge is 0.386 e. The molecule has 0 radical (unpaired) electrons. The molecule has 2 nitrogen and oxygen atoms in total. The van der Waals surface area contributed by atoms with Crippen molar-refractivity contribution in [1.82, 2.24) is 0 Å². The molecule has 1 atom stereocenters. The van der Waals surface area contributed by atoms with Crippen LogP contribution in [0.4, 0.5) is 0 Å². The average molecular weight is 215 g/mol. The molecule has 1 fully saturated rings. The SMILES string of the molecule is O[C@H]1c2ccccc2C=NC12CCCCC2. The van der Waals surface area contributed by atoms with Crippen LogP contribution in [0.3, 0.4) is 0 Å². The third-order valence-electron chi connectivity index (χ3n) is 3.98. The number of aliphatic hydroxyl groups excluding tert-OH is 1. The Morgan fingerprint density at radius 3 is 2.69 bits per heavy atom. The fraction of sp³-hybridized carbons (Fsp3) is 0.500. The van der Waals surface area contributed by atoms with Gasteiger partial charge in [0.1, 0.15) is 6.10 Å². The van der Waals surface area contributed by atoms with E-state index in [1.54, 1.807) is 0 Å². The molecule has 0 saturated heterocycles. The first kappa shape index (κ1) is 10.0. The summed E-state index contributed by atoms with van der Waals surface area (Å²) in [4.78, 5) is 4.67. The molecule has 1 aliphatic carbocycles. The number of hydrogen-bond donors (Lipinski definition) is 1. The number of aliphatic hydroxyl groups is 1. The second kappa shape index (κ2) is 3.70. The molecular formula is C14H17NO. The molecule has 2 heteroatoms. The molecule has 16 heavy (non-hydrogen) atoms. The van der Waals surface area contributed by atoms with Crippen molar-refractivity contribution in [2.75, 3.05) is 0 Å². The zero-order valence-electron chi connectivity index (χ0n) is 9.39. The van der Waals surface area contributed by atoms with Crippen LogP contribution in [0.2, 0.25) is 0 Å². The van der Waals surface area contributed by atoms with Crippen LogP contribution >= 0.6 is 0 Å². The maximum atomic E-state index is 10.5. The van der Waals surface area contributed by atoms with Crippen LogP contribution in [-0.4, -0.2) is 16.9 Å². The summed E-state index contributed by atoms with van der Waals surface area (Å²) in [6, 6.07) is 8.05. The molecule has 0 unspecified atom stereocenters. The first-order valence-corrected chi connectivity index (χ1v) is 6.14. The third-order valence-corrected chi connectivity index (χ3v) is 3.98. The lowest BCUT2D eigenvalue weighted by atomic mass is 9.74. The van der Waals surface area contributed by atoms with Crippen molar-refractivity contribution in [3.8, 4) is 0 Å². The molecule has 1 aromatic carbocycles. The van der Waals surface area contributed by atoms with Gasteiger partial charge in [-0.3, -0.25) is 4.99 Å². The third kappa shape index (κ3) is 1.40. The summed E-state index contributed by atoms with van der Waals surface area (Å²) in [7, 11) is 0. The Labute approximate surface area is 96.0 Å². The van der Waals surface area contributed by atoms with Crippen molar-refractivity contribution in [3.05, 3.63) is 35.4 Å².